The van der Waals surface area contributed by atoms with Crippen molar-refractivity contribution in [2.24, 2.45) is 0 Å². The molecular formula is C38H40F3N3O5S2. The van der Waals surface area contributed by atoms with Crippen LogP contribution in [0.4, 0.5) is 13.2 Å². The quantitative estimate of drug-likeness (QED) is 0.118. The van der Waals surface area contributed by atoms with Crippen LogP contribution >= 0.6 is 0 Å². The molecule has 0 unspecified atom stereocenters. The lowest BCUT2D eigenvalue weighted by molar-refractivity contribution is -0.972. The lowest BCUT2D eigenvalue weighted by atomic mass is 10.1. The van der Waals surface area contributed by atoms with Gasteiger partial charge in [0.25, 0.3) is 0 Å². The van der Waals surface area contributed by atoms with Gasteiger partial charge in [-0.05, 0) is 17.2 Å². The molecule has 0 N–H and O–H groups in total. The Labute approximate surface area is 298 Å². The first-order chi connectivity index (χ1) is 24.0. The maximum atomic E-state index is 13.1. The Morgan fingerprint density at radius 1 is 0.667 bits per heavy atom. The smallest absolute Gasteiger partial charge is 0.417 e. The van der Waals surface area contributed by atoms with Crippen LogP contribution in [0.3, 0.4) is 0 Å². The van der Waals surface area contributed by atoms with E-state index < -0.39 is 31.9 Å². The molecule has 0 aliphatic carbocycles. The number of quaternary nitrogens is 1. The number of hydrogen-bond donors (Lipinski definition) is 0. The molecule has 0 bridgehead atoms. The van der Waals surface area contributed by atoms with Crippen LogP contribution in [-0.4, -0.2) is 47.7 Å². The number of rotatable bonds is 9. The number of halogens is 3. The zero-order chi connectivity index (χ0) is 37.1. The lowest BCUT2D eigenvalue weighted by Gasteiger charge is -2.34. The van der Waals surface area contributed by atoms with E-state index in [0.717, 1.165) is 36.1 Å². The standard InChI is InChI=1S/C22H20F3N2.C15H17NO2S.CH4O3S/c23-22(24,25)20-11-19-15-27(16-21(19)26-12-20,13-17-7-3-1-4-8-17)14-18-9-5-2-6-10-18;1-19(17,18)16(12-14-8-4-2-5-9-14)13-15-10-6-3-7-11-15;1-5(2,3)4/h1-12H,13-16H2;2-11H,12-13H2,1H3;1H3,(H,2,3,4)/q+1;;/p-1. The highest BCUT2D eigenvalue weighted by molar-refractivity contribution is 7.88. The van der Waals surface area contributed by atoms with Gasteiger partial charge in [0.05, 0.1) is 21.9 Å². The van der Waals surface area contributed by atoms with Crippen molar-refractivity contribution in [1.29, 1.82) is 0 Å². The molecule has 5 aromatic rings. The Bertz CT molecular complexity index is 1960. The molecule has 1 aliphatic rings. The minimum Gasteiger partial charge on any atom is -0.748 e. The normalized spacial score (nSPS) is 13.7. The van der Waals surface area contributed by atoms with Crippen molar-refractivity contribution in [2.45, 2.75) is 45.4 Å². The van der Waals surface area contributed by atoms with Gasteiger partial charge in [0.1, 0.15) is 31.9 Å². The Hall–Kier alpha value is -4.40. The first-order valence-electron chi connectivity index (χ1n) is 15.9. The maximum absolute atomic E-state index is 13.1. The zero-order valence-corrected chi connectivity index (χ0v) is 29.9. The summed E-state index contributed by atoms with van der Waals surface area (Å²) in [5, 5.41) is 0. The second-order valence-electron chi connectivity index (χ2n) is 12.5. The molecule has 0 atom stereocenters. The molecule has 1 aromatic heterocycles. The molecule has 270 valence electrons. The van der Waals surface area contributed by atoms with Crippen LogP contribution in [0.25, 0.3) is 0 Å². The van der Waals surface area contributed by atoms with E-state index in [2.05, 4.69) is 29.2 Å². The summed E-state index contributed by atoms with van der Waals surface area (Å²) in [6.45, 7) is 3.50. The lowest BCUT2D eigenvalue weighted by Crippen LogP contribution is -2.41. The summed E-state index contributed by atoms with van der Waals surface area (Å²) in [7, 11) is -7.14. The van der Waals surface area contributed by atoms with Crippen molar-refractivity contribution >= 4 is 20.1 Å². The molecule has 0 saturated carbocycles. The second-order valence-corrected chi connectivity index (χ2v) is 15.9. The van der Waals surface area contributed by atoms with E-state index in [-0.39, 0.29) is 0 Å². The van der Waals surface area contributed by atoms with E-state index >= 15 is 0 Å². The zero-order valence-electron chi connectivity index (χ0n) is 28.3. The highest BCUT2D eigenvalue weighted by atomic mass is 32.2. The maximum Gasteiger partial charge on any atom is 0.417 e. The largest absolute Gasteiger partial charge is 0.748 e. The molecule has 0 fully saturated rings. The van der Waals surface area contributed by atoms with Gasteiger partial charge in [-0.15, -0.1) is 0 Å². The number of aromatic nitrogens is 1. The number of benzene rings is 4. The van der Waals surface area contributed by atoms with Gasteiger partial charge < -0.3 is 9.04 Å². The average Bonchev–Trinajstić information content (AvgIpc) is 3.42. The van der Waals surface area contributed by atoms with Crippen molar-refractivity contribution in [3.8, 4) is 0 Å². The molecule has 6 rings (SSSR count). The highest BCUT2D eigenvalue weighted by Gasteiger charge is 2.40. The molecule has 1 aliphatic heterocycles. The van der Waals surface area contributed by atoms with Crippen LogP contribution in [0.1, 0.15) is 39.1 Å². The van der Waals surface area contributed by atoms with Gasteiger partial charge in [-0.3, -0.25) is 4.98 Å². The third-order valence-corrected chi connectivity index (χ3v) is 9.17. The third-order valence-electron chi connectivity index (χ3n) is 7.97. The fraction of sp³-hybridized carbons (Fsp3) is 0.237. The monoisotopic (exact) mass is 739 g/mol. The van der Waals surface area contributed by atoms with E-state index in [0.29, 0.717) is 42.5 Å². The van der Waals surface area contributed by atoms with Crippen LogP contribution in [0, 0.1) is 0 Å². The number of hydrogen-bond acceptors (Lipinski definition) is 6. The van der Waals surface area contributed by atoms with Gasteiger partial charge in [-0.1, -0.05) is 121 Å². The predicted octanol–water partition coefficient (Wildman–Crippen LogP) is 7.14. The third kappa shape index (κ3) is 13.3. The predicted molar refractivity (Wildman–Crippen MR) is 190 cm³/mol. The van der Waals surface area contributed by atoms with Crippen LogP contribution < -0.4 is 0 Å². The van der Waals surface area contributed by atoms with Crippen molar-refractivity contribution in [3.63, 3.8) is 0 Å². The molecule has 51 heavy (non-hydrogen) atoms. The van der Waals surface area contributed by atoms with Gasteiger partial charge in [-0.2, -0.15) is 17.5 Å². The second kappa shape index (κ2) is 17.2. The van der Waals surface area contributed by atoms with Crippen molar-refractivity contribution < 1.29 is 39.0 Å². The minimum atomic E-state index is -4.36. The Morgan fingerprint density at radius 2 is 1.04 bits per heavy atom. The molecule has 0 amide bonds. The summed E-state index contributed by atoms with van der Waals surface area (Å²) in [6, 6.07) is 40.7. The first-order valence-corrected chi connectivity index (χ1v) is 19.6. The van der Waals surface area contributed by atoms with E-state index in [1.807, 2.05) is 97.1 Å². The van der Waals surface area contributed by atoms with E-state index in [9.17, 15) is 21.6 Å². The number of pyridine rings is 1. The van der Waals surface area contributed by atoms with Gasteiger partial charge in [0, 0.05) is 42.2 Å². The van der Waals surface area contributed by atoms with Crippen LogP contribution in [0.5, 0.6) is 0 Å². The summed E-state index contributed by atoms with van der Waals surface area (Å²) >= 11 is 0. The van der Waals surface area contributed by atoms with E-state index in [1.165, 1.54) is 27.8 Å². The number of sulfonamides is 1. The van der Waals surface area contributed by atoms with Gasteiger partial charge in [0.15, 0.2) is 0 Å². The van der Waals surface area contributed by atoms with E-state index in [4.69, 9.17) is 13.0 Å². The molecule has 0 spiro atoms. The Morgan fingerprint density at radius 3 is 1.39 bits per heavy atom. The molecule has 0 radical (unpaired) electrons. The Kier molecular flexibility index (Phi) is 13.3. The molecular weight excluding hydrogens is 700 g/mol. The summed E-state index contributed by atoms with van der Waals surface area (Å²) in [5.74, 6) is 0. The molecule has 2 heterocycles. The molecule has 0 saturated heterocycles. The van der Waals surface area contributed by atoms with Crippen LogP contribution in [-0.2, 0) is 65.6 Å². The van der Waals surface area contributed by atoms with Gasteiger partial charge in [-0.25, -0.2) is 16.8 Å². The van der Waals surface area contributed by atoms with E-state index in [1.54, 1.807) is 0 Å². The fourth-order valence-corrected chi connectivity index (χ4v) is 6.56. The SMILES string of the molecule is CS(=O)(=O)N(Cc1ccccc1)Cc1ccccc1.CS(=O)(=O)[O-].FC(F)(F)c1cnc2c(c1)C[N+](Cc1ccccc1)(Cc1ccccc1)C2. The molecule has 8 nitrogen and oxygen atoms in total. The van der Waals surface area contributed by atoms with Crippen molar-refractivity contribution in [2.75, 3.05) is 12.5 Å². The topological polar surface area (TPSA) is 107 Å². The summed E-state index contributed by atoms with van der Waals surface area (Å²) in [5.41, 5.74) is 5.15. The minimum absolute atomic E-state index is 0.397. The average molecular weight is 740 g/mol. The summed E-state index contributed by atoms with van der Waals surface area (Å²) in [6.07, 6.45) is -1.55. The van der Waals surface area contributed by atoms with Gasteiger partial charge in [0.2, 0.25) is 10.0 Å². The first kappa shape index (κ1) is 39.4. The highest BCUT2D eigenvalue weighted by Crippen LogP contribution is 2.37. The molecule has 13 heteroatoms. The van der Waals surface area contributed by atoms with Crippen molar-refractivity contribution in [1.82, 2.24) is 9.29 Å². The summed E-state index contributed by atoms with van der Waals surface area (Å²) in [4.78, 5) is 4.17. The number of alkyl halides is 3. The van der Waals surface area contributed by atoms with Crippen LogP contribution in [0.2, 0.25) is 0 Å². The number of fused-ring (bicyclic) bond motifs is 1. The number of nitrogens with zero attached hydrogens (tertiary/aromatic N) is 3. The Balaban J connectivity index is 0.000000212. The van der Waals surface area contributed by atoms with Gasteiger partial charge >= 0.3 is 6.18 Å². The molecule has 4 aromatic carbocycles. The summed E-state index contributed by atoms with van der Waals surface area (Å²) < 4.78 is 92.4. The van der Waals surface area contributed by atoms with Crippen molar-refractivity contribution in [3.05, 3.63) is 173 Å². The van der Waals surface area contributed by atoms with Crippen LogP contribution in [0.15, 0.2) is 134 Å². The fourth-order valence-electron chi connectivity index (χ4n) is 5.79.